The Labute approximate surface area is 116 Å². The number of nitrogens with one attached hydrogen (secondary N) is 1. The normalized spacial score (nSPS) is 16.9. The minimum atomic E-state index is -0.0176. The second kappa shape index (κ2) is 6.92. The maximum atomic E-state index is 9.40. The largest absolute Gasteiger partial charge is 0.494 e. The first kappa shape index (κ1) is 14.4. The Hall–Kier alpha value is -1.06. The van der Waals surface area contributed by atoms with Gasteiger partial charge in [-0.2, -0.15) is 0 Å². The number of hydrogen-bond acceptors (Lipinski definition) is 3. The van der Waals surface area contributed by atoms with Crippen LogP contribution >= 0.6 is 0 Å². The summed E-state index contributed by atoms with van der Waals surface area (Å²) in [6.45, 7) is 4.01. The van der Waals surface area contributed by atoms with E-state index in [1.807, 2.05) is 12.1 Å². The summed E-state index contributed by atoms with van der Waals surface area (Å²) in [5.41, 5.74) is 1.22. The molecule has 0 heterocycles. The van der Waals surface area contributed by atoms with Crippen molar-refractivity contribution >= 4 is 0 Å². The smallest absolute Gasteiger partial charge is 0.119 e. The van der Waals surface area contributed by atoms with Gasteiger partial charge in [0, 0.05) is 12.1 Å². The lowest BCUT2D eigenvalue weighted by atomic mass is 9.77. The van der Waals surface area contributed by atoms with Crippen LogP contribution in [0.1, 0.15) is 44.6 Å². The van der Waals surface area contributed by atoms with Gasteiger partial charge in [0.15, 0.2) is 0 Å². The van der Waals surface area contributed by atoms with Crippen LogP contribution < -0.4 is 10.1 Å². The van der Waals surface area contributed by atoms with E-state index >= 15 is 0 Å². The summed E-state index contributed by atoms with van der Waals surface area (Å²) < 4.78 is 5.64. The third-order valence-corrected chi connectivity index (χ3v) is 3.97. The Morgan fingerprint density at radius 1 is 1.26 bits per heavy atom. The highest BCUT2D eigenvalue weighted by molar-refractivity contribution is 5.27. The summed E-state index contributed by atoms with van der Waals surface area (Å²) >= 11 is 0. The van der Waals surface area contributed by atoms with Crippen LogP contribution in [0.15, 0.2) is 24.3 Å². The first-order chi connectivity index (χ1) is 9.28. The van der Waals surface area contributed by atoms with Gasteiger partial charge in [-0.25, -0.2) is 0 Å². The third kappa shape index (κ3) is 3.95. The SMILES string of the molecule is CCCCOc1ccc(CNC2(CO)CCC2)cc1. The molecule has 1 aliphatic carbocycles. The molecule has 0 saturated heterocycles. The Morgan fingerprint density at radius 2 is 2.00 bits per heavy atom. The Bertz CT molecular complexity index is 365. The number of ether oxygens (including phenoxy) is 1. The molecule has 1 aromatic rings. The summed E-state index contributed by atoms with van der Waals surface area (Å²) in [7, 11) is 0. The molecule has 106 valence electrons. The average Bonchev–Trinajstić information content (AvgIpc) is 2.40. The van der Waals surface area contributed by atoms with Crippen LogP contribution in [0.3, 0.4) is 0 Å². The van der Waals surface area contributed by atoms with E-state index in [1.165, 1.54) is 12.0 Å². The number of aliphatic hydroxyl groups is 1. The molecule has 0 spiro atoms. The molecule has 0 aliphatic heterocycles. The van der Waals surface area contributed by atoms with Gasteiger partial charge in [0.2, 0.25) is 0 Å². The Kier molecular flexibility index (Phi) is 5.23. The molecule has 2 N–H and O–H groups in total. The maximum Gasteiger partial charge on any atom is 0.119 e. The van der Waals surface area contributed by atoms with Gasteiger partial charge in [0.05, 0.1) is 13.2 Å². The molecule has 1 fully saturated rings. The number of unbranched alkanes of at least 4 members (excludes halogenated alkanes) is 1. The molecule has 1 aromatic carbocycles. The molecule has 0 aromatic heterocycles. The summed E-state index contributed by atoms with van der Waals surface area (Å²) in [6, 6.07) is 8.24. The van der Waals surface area contributed by atoms with Crippen molar-refractivity contribution in [3.05, 3.63) is 29.8 Å². The zero-order valence-corrected chi connectivity index (χ0v) is 11.8. The second-order valence-electron chi connectivity index (χ2n) is 5.49. The zero-order chi connectivity index (χ0) is 13.6. The molecule has 3 nitrogen and oxygen atoms in total. The van der Waals surface area contributed by atoms with Crippen LogP contribution in [-0.2, 0) is 6.54 Å². The van der Waals surface area contributed by atoms with E-state index in [0.717, 1.165) is 44.6 Å². The van der Waals surface area contributed by atoms with Gasteiger partial charge in [-0.3, -0.25) is 0 Å². The van der Waals surface area contributed by atoms with Gasteiger partial charge in [-0.05, 0) is 43.4 Å². The Balaban J connectivity index is 1.78. The lowest BCUT2D eigenvalue weighted by Gasteiger charge is -2.41. The number of rotatable bonds is 8. The molecule has 2 rings (SSSR count). The molecule has 0 amide bonds. The fourth-order valence-electron chi connectivity index (χ4n) is 2.32. The highest BCUT2D eigenvalue weighted by Gasteiger charge is 2.35. The Morgan fingerprint density at radius 3 is 2.53 bits per heavy atom. The number of benzene rings is 1. The molecule has 1 saturated carbocycles. The molecular formula is C16H25NO2. The van der Waals surface area contributed by atoms with E-state index in [2.05, 4.69) is 24.4 Å². The van der Waals surface area contributed by atoms with Crippen LogP contribution in [0, 0.1) is 0 Å². The highest BCUT2D eigenvalue weighted by Crippen LogP contribution is 2.31. The van der Waals surface area contributed by atoms with Crippen LogP contribution in [0.5, 0.6) is 5.75 Å². The second-order valence-corrected chi connectivity index (χ2v) is 5.49. The van der Waals surface area contributed by atoms with Gasteiger partial charge >= 0.3 is 0 Å². The van der Waals surface area contributed by atoms with E-state index in [0.29, 0.717) is 0 Å². The molecular weight excluding hydrogens is 238 g/mol. The lowest BCUT2D eigenvalue weighted by molar-refractivity contribution is 0.0872. The summed E-state index contributed by atoms with van der Waals surface area (Å²) in [4.78, 5) is 0. The molecule has 19 heavy (non-hydrogen) atoms. The molecule has 0 unspecified atom stereocenters. The third-order valence-electron chi connectivity index (χ3n) is 3.97. The first-order valence-corrected chi connectivity index (χ1v) is 7.36. The van der Waals surface area contributed by atoms with Crippen molar-refractivity contribution in [2.45, 2.75) is 51.1 Å². The van der Waals surface area contributed by atoms with Crippen LogP contribution in [0.4, 0.5) is 0 Å². The minimum absolute atomic E-state index is 0.0176. The zero-order valence-electron chi connectivity index (χ0n) is 11.8. The average molecular weight is 263 g/mol. The molecule has 0 bridgehead atoms. The topological polar surface area (TPSA) is 41.5 Å². The van der Waals surface area contributed by atoms with Crippen molar-refractivity contribution in [2.24, 2.45) is 0 Å². The van der Waals surface area contributed by atoms with Crippen molar-refractivity contribution in [3.63, 3.8) is 0 Å². The van der Waals surface area contributed by atoms with E-state index in [1.54, 1.807) is 0 Å². The first-order valence-electron chi connectivity index (χ1n) is 7.36. The van der Waals surface area contributed by atoms with Crippen molar-refractivity contribution in [2.75, 3.05) is 13.2 Å². The van der Waals surface area contributed by atoms with Gasteiger partial charge in [0.1, 0.15) is 5.75 Å². The van der Waals surface area contributed by atoms with Crippen LogP contribution in [-0.4, -0.2) is 23.9 Å². The van der Waals surface area contributed by atoms with E-state index in [4.69, 9.17) is 4.74 Å². The quantitative estimate of drug-likeness (QED) is 0.709. The predicted molar refractivity (Wildman–Crippen MR) is 77.4 cm³/mol. The summed E-state index contributed by atoms with van der Waals surface area (Å²) in [5.74, 6) is 0.942. The van der Waals surface area contributed by atoms with E-state index in [-0.39, 0.29) is 12.1 Å². The van der Waals surface area contributed by atoms with Crippen molar-refractivity contribution in [3.8, 4) is 5.75 Å². The fraction of sp³-hybridized carbons (Fsp3) is 0.625. The maximum absolute atomic E-state index is 9.40. The van der Waals surface area contributed by atoms with Gasteiger partial charge in [-0.15, -0.1) is 0 Å². The van der Waals surface area contributed by atoms with Crippen LogP contribution in [0.25, 0.3) is 0 Å². The van der Waals surface area contributed by atoms with Gasteiger partial charge in [-0.1, -0.05) is 25.5 Å². The minimum Gasteiger partial charge on any atom is -0.494 e. The monoisotopic (exact) mass is 263 g/mol. The number of hydrogen-bond donors (Lipinski definition) is 2. The fourth-order valence-corrected chi connectivity index (χ4v) is 2.32. The standard InChI is InChI=1S/C16H25NO2/c1-2-3-11-19-15-7-5-14(6-8-15)12-17-16(13-18)9-4-10-16/h5-8,17-18H,2-4,9-13H2,1H3. The lowest BCUT2D eigenvalue weighted by Crippen LogP contribution is -2.53. The van der Waals surface area contributed by atoms with E-state index < -0.39 is 0 Å². The highest BCUT2D eigenvalue weighted by atomic mass is 16.5. The summed E-state index contributed by atoms with van der Waals surface area (Å²) in [5, 5.41) is 12.9. The van der Waals surface area contributed by atoms with E-state index in [9.17, 15) is 5.11 Å². The van der Waals surface area contributed by atoms with Crippen molar-refractivity contribution in [1.29, 1.82) is 0 Å². The molecule has 0 radical (unpaired) electrons. The van der Waals surface area contributed by atoms with Crippen molar-refractivity contribution in [1.82, 2.24) is 5.32 Å². The van der Waals surface area contributed by atoms with Gasteiger partial charge < -0.3 is 15.2 Å². The molecule has 3 heteroatoms. The molecule has 1 aliphatic rings. The predicted octanol–water partition coefficient (Wildman–Crippen LogP) is 2.87. The van der Waals surface area contributed by atoms with Crippen molar-refractivity contribution < 1.29 is 9.84 Å². The number of aliphatic hydroxyl groups excluding tert-OH is 1. The van der Waals surface area contributed by atoms with Gasteiger partial charge in [0.25, 0.3) is 0 Å². The van der Waals surface area contributed by atoms with Crippen LogP contribution in [0.2, 0.25) is 0 Å². The summed E-state index contributed by atoms with van der Waals surface area (Å²) in [6.07, 6.45) is 5.65. The molecule has 0 atom stereocenters.